The van der Waals surface area contributed by atoms with E-state index in [1.807, 2.05) is 6.07 Å². The lowest BCUT2D eigenvalue weighted by Gasteiger charge is -2.06. The minimum absolute atomic E-state index is 0. The van der Waals surface area contributed by atoms with E-state index >= 15 is 0 Å². The third-order valence-corrected chi connectivity index (χ3v) is 2.12. The molecule has 0 fully saturated rings. The number of carbonyl (C=O) groups is 2. The maximum Gasteiger partial charge on any atom is 0.315 e. The fraction of sp³-hybridized carbons (Fsp3) is 0.200. The van der Waals surface area contributed by atoms with Crippen LogP contribution in [-0.2, 0) is 16.0 Å². The zero-order valence-corrected chi connectivity index (χ0v) is 9.29. The lowest BCUT2D eigenvalue weighted by molar-refractivity contribution is -0.144. The summed E-state index contributed by atoms with van der Waals surface area (Å²) in [4.78, 5) is 21.4. The monoisotopic (exact) mass is 248 g/mol. The SMILES string of the molecule is Cl.O=C(O)C(Cc1ccccc1)C(=O)Cl. The Labute approximate surface area is 98.5 Å². The first-order valence-electron chi connectivity index (χ1n) is 4.07. The second kappa shape index (κ2) is 6.43. The number of carbonyl (C=O) groups excluding carboxylic acids is 1. The predicted molar refractivity (Wildman–Crippen MR) is 59.4 cm³/mol. The highest BCUT2D eigenvalue weighted by molar-refractivity contribution is 6.65. The Kier molecular flexibility index (Phi) is 5.97. The summed E-state index contributed by atoms with van der Waals surface area (Å²) in [6, 6.07) is 8.91. The third kappa shape index (κ3) is 4.32. The normalized spacial score (nSPS) is 11.3. The van der Waals surface area contributed by atoms with Crippen molar-refractivity contribution in [2.45, 2.75) is 6.42 Å². The van der Waals surface area contributed by atoms with Gasteiger partial charge in [-0.25, -0.2) is 0 Å². The molecule has 0 saturated carbocycles. The minimum Gasteiger partial charge on any atom is -0.481 e. The van der Waals surface area contributed by atoms with Gasteiger partial charge in [-0.1, -0.05) is 30.3 Å². The van der Waals surface area contributed by atoms with E-state index in [1.165, 1.54) is 0 Å². The number of carboxylic acid groups (broad SMARTS) is 1. The number of aliphatic carboxylic acids is 1. The average molecular weight is 249 g/mol. The predicted octanol–water partition coefficient (Wildman–Crippen LogP) is 2.12. The maximum absolute atomic E-state index is 10.8. The Morgan fingerprint density at radius 2 is 1.80 bits per heavy atom. The molecule has 0 spiro atoms. The summed E-state index contributed by atoms with van der Waals surface area (Å²) in [6.45, 7) is 0. The van der Waals surface area contributed by atoms with Crippen LogP contribution in [0.4, 0.5) is 0 Å². The largest absolute Gasteiger partial charge is 0.481 e. The smallest absolute Gasteiger partial charge is 0.315 e. The van der Waals surface area contributed by atoms with Crippen LogP contribution in [0, 0.1) is 5.92 Å². The molecule has 15 heavy (non-hydrogen) atoms. The molecular weight excluding hydrogens is 239 g/mol. The number of rotatable bonds is 4. The van der Waals surface area contributed by atoms with Crippen molar-refractivity contribution in [1.29, 1.82) is 0 Å². The lowest BCUT2D eigenvalue weighted by Crippen LogP contribution is -2.22. The molecule has 0 aliphatic rings. The van der Waals surface area contributed by atoms with Gasteiger partial charge in [-0.15, -0.1) is 12.4 Å². The minimum atomic E-state index is -1.19. The number of benzene rings is 1. The molecule has 0 aromatic heterocycles. The van der Waals surface area contributed by atoms with Crippen molar-refractivity contribution >= 4 is 35.2 Å². The highest BCUT2D eigenvalue weighted by atomic mass is 35.5. The van der Waals surface area contributed by atoms with E-state index in [-0.39, 0.29) is 18.8 Å². The van der Waals surface area contributed by atoms with Gasteiger partial charge in [0.25, 0.3) is 0 Å². The summed E-state index contributed by atoms with van der Waals surface area (Å²) >= 11 is 5.17. The summed E-state index contributed by atoms with van der Waals surface area (Å²) in [5.74, 6) is -2.34. The average Bonchev–Trinajstić information content (AvgIpc) is 2.15. The molecule has 0 bridgehead atoms. The van der Waals surface area contributed by atoms with E-state index in [1.54, 1.807) is 24.3 Å². The van der Waals surface area contributed by atoms with Crippen LogP contribution in [0.5, 0.6) is 0 Å². The Morgan fingerprint density at radius 3 is 2.20 bits per heavy atom. The van der Waals surface area contributed by atoms with Crippen molar-refractivity contribution in [2.75, 3.05) is 0 Å². The highest BCUT2D eigenvalue weighted by Gasteiger charge is 2.24. The topological polar surface area (TPSA) is 54.4 Å². The van der Waals surface area contributed by atoms with Gasteiger partial charge >= 0.3 is 5.97 Å². The molecule has 0 amide bonds. The Bertz CT molecular complexity index is 324. The molecule has 1 N–H and O–H groups in total. The van der Waals surface area contributed by atoms with Crippen LogP contribution in [0.15, 0.2) is 30.3 Å². The summed E-state index contributed by atoms with van der Waals surface area (Å²) < 4.78 is 0. The van der Waals surface area contributed by atoms with E-state index < -0.39 is 17.1 Å². The first kappa shape index (κ1) is 13.9. The van der Waals surface area contributed by atoms with Crippen LogP contribution < -0.4 is 0 Å². The Morgan fingerprint density at radius 1 is 1.27 bits per heavy atom. The summed E-state index contributed by atoms with van der Waals surface area (Å²) in [7, 11) is 0. The van der Waals surface area contributed by atoms with Crippen LogP contribution in [0.1, 0.15) is 5.56 Å². The maximum atomic E-state index is 10.8. The van der Waals surface area contributed by atoms with Gasteiger partial charge in [-0.3, -0.25) is 9.59 Å². The zero-order chi connectivity index (χ0) is 10.6. The van der Waals surface area contributed by atoms with Crippen molar-refractivity contribution < 1.29 is 14.7 Å². The fourth-order valence-electron chi connectivity index (χ4n) is 1.11. The standard InChI is InChI=1S/C10H9ClO3.ClH/c11-9(12)8(10(13)14)6-7-4-2-1-3-5-7;/h1-5,8H,6H2,(H,13,14);1H. The molecule has 0 aliphatic carbocycles. The van der Waals surface area contributed by atoms with E-state index in [0.29, 0.717) is 0 Å². The summed E-state index contributed by atoms with van der Waals surface area (Å²) in [5.41, 5.74) is 0.786. The van der Waals surface area contributed by atoms with Crippen molar-refractivity contribution in [3.63, 3.8) is 0 Å². The first-order valence-corrected chi connectivity index (χ1v) is 4.45. The molecule has 1 unspecified atom stereocenters. The molecule has 0 radical (unpaired) electrons. The van der Waals surface area contributed by atoms with Crippen molar-refractivity contribution in [3.05, 3.63) is 35.9 Å². The highest BCUT2D eigenvalue weighted by Crippen LogP contribution is 2.11. The molecule has 1 aromatic rings. The molecule has 0 heterocycles. The summed E-state index contributed by atoms with van der Waals surface area (Å²) in [5, 5.41) is 7.87. The molecule has 1 atom stereocenters. The lowest BCUT2D eigenvalue weighted by atomic mass is 10.0. The van der Waals surface area contributed by atoms with Gasteiger partial charge in [0.15, 0.2) is 0 Å². The molecule has 82 valence electrons. The van der Waals surface area contributed by atoms with Crippen LogP contribution in [0.2, 0.25) is 0 Å². The van der Waals surface area contributed by atoms with Crippen molar-refractivity contribution in [2.24, 2.45) is 5.92 Å². The van der Waals surface area contributed by atoms with Gasteiger partial charge in [0, 0.05) is 0 Å². The first-order chi connectivity index (χ1) is 6.61. The van der Waals surface area contributed by atoms with Gasteiger partial charge < -0.3 is 5.11 Å². The van der Waals surface area contributed by atoms with Crippen molar-refractivity contribution in [3.8, 4) is 0 Å². The molecule has 0 saturated heterocycles. The number of halogens is 2. The Balaban J connectivity index is 0.00000196. The van der Waals surface area contributed by atoms with E-state index in [9.17, 15) is 9.59 Å². The number of hydrogen-bond donors (Lipinski definition) is 1. The molecule has 1 aromatic carbocycles. The number of carboxylic acids is 1. The van der Waals surface area contributed by atoms with E-state index in [2.05, 4.69) is 0 Å². The van der Waals surface area contributed by atoms with Crippen LogP contribution in [-0.4, -0.2) is 16.3 Å². The molecule has 5 heteroatoms. The fourth-order valence-corrected chi connectivity index (χ4v) is 1.28. The quantitative estimate of drug-likeness (QED) is 0.656. The van der Waals surface area contributed by atoms with Crippen molar-refractivity contribution in [1.82, 2.24) is 0 Å². The second-order valence-corrected chi connectivity index (χ2v) is 3.26. The molecule has 3 nitrogen and oxygen atoms in total. The van der Waals surface area contributed by atoms with Gasteiger partial charge in [0.1, 0.15) is 5.92 Å². The molecule has 0 aliphatic heterocycles. The van der Waals surface area contributed by atoms with Crippen LogP contribution in [0.25, 0.3) is 0 Å². The van der Waals surface area contributed by atoms with Crippen LogP contribution >= 0.6 is 24.0 Å². The molecular formula is C10H10Cl2O3. The second-order valence-electron chi connectivity index (χ2n) is 2.88. The van der Waals surface area contributed by atoms with Gasteiger partial charge in [-0.2, -0.15) is 0 Å². The number of hydrogen-bond acceptors (Lipinski definition) is 2. The van der Waals surface area contributed by atoms with Gasteiger partial charge in [0.2, 0.25) is 5.24 Å². The van der Waals surface area contributed by atoms with Crippen LogP contribution in [0.3, 0.4) is 0 Å². The zero-order valence-electron chi connectivity index (χ0n) is 7.72. The third-order valence-electron chi connectivity index (χ3n) is 1.85. The molecule has 1 rings (SSSR count). The van der Waals surface area contributed by atoms with E-state index in [4.69, 9.17) is 16.7 Å². The summed E-state index contributed by atoms with van der Waals surface area (Å²) in [6.07, 6.45) is 0.137. The van der Waals surface area contributed by atoms with Gasteiger partial charge in [-0.05, 0) is 23.6 Å². The van der Waals surface area contributed by atoms with Gasteiger partial charge in [0.05, 0.1) is 0 Å². The Hall–Kier alpha value is -1.06. The van der Waals surface area contributed by atoms with E-state index in [0.717, 1.165) is 5.56 Å².